The standard InChI is InChI=1S/C26H23N3O2S/c27-25-29-23-13-12-17(15-24(23)32-25)7-5-6-14-28-26(30)31-16-22-20-10-3-1-8-18(20)19-9-2-4-11-21(19)22/h1-5,7-13,15,22H,6,14,16H2,(H2,27,29)(H,28,30). The van der Waals surface area contributed by atoms with Crippen LogP contribution >= 0.6 is 11.3 Å². The number of ether oxygens (including phenoxy) is 1. The zero-order valence-electron chi connectivity index (χ0n) is 17.5. The van der Waals surface area contributed by atoms with Crippen LogP contribution in [0.5, 0.6) is 0 Å². The van der Waals surface area contributed by atoms with Gasteiger partial charge >= 0.3 is 6.09 Å². The molecule has 0 radical (unpaired) electrons. The molecule has 5 nitrogen and oxygen atoms in total. The van der Waals surface area contributed by atoms with Crippen LogP contribution in [-0.4, -0.2) is 24.2 Å². The van der Waals surface area contributed by atoms with Crippen LogP contribution in [0.15, 0.2) is 72.8 Å². The second-order valence-corrected chi connectivity index (χ2v) is 8.78. The fourth-order valence-corrected chi connectivity index (χ4v) is 4.97. The normalized spacial score (nSPS) is 12.8. The summed E-state index contributed by atoms with van der Waals surface area (Å²) < 4.78 is 6.63. The number of alkyl carbamates (subject to hydrolysis) is 1. The van der Waals surface area contributed by atoms with E-state index in [1.54, 1.807) is 0 Å². The smallest absolute Gasteiger partial charge is 0.407 e. The number of amides is 1. The molecule has 3 aromatic carbocycles. The quantitative estimate of drug-likeness (QED) is 0.370. The molecule has 160 valence electrons. The summed E-state index contributed by atoms with van der Waals surface area (Å²) in [6.07, 6.45) is 4.40. The summed E-state index contributed by atoms with van der Waals surface area (Å²) in [6, 6.07) is 22.7. The Hall–Kier alpha value is -3.64. The van der Waals surface area contributed by atoms with Crippen LogP contribution in [0.1, 0.15) is 29.0 Å². The van der Waals surface area contributed by atoms with Gasteiger partial charge < -0.3 is 15.8 Å². The molecule has 0 saturated carbocycles. The van der Waals surface area contributed by atoms with E-state index in [0.29, 0.717) is 24.7 Å². The Morgan fingerprint density at radius 3 is 2.53 bits per heavy atom. The van der Waals surface area contributed by atoms with E-state index in [1.807, 2.05) is 48.6 Å². The summed E-state index contributed by atoms with van der Waals surface area (Å²) in [5.41, 5.74) is 12.6. The van der Waals surface area contributed by atoms with Gasteiger partial charge in [-0.2, -0.15) is 0 Å². The number of thiazole rings is 1. The third-order valence-corrected chi connectivity index (χ3v) is 6.51. The molecule has 3 N–H and O–H groups in total. The lowest BCUT2D eigenvalue weighted by Gasteiger charge is -2.14. The number of nitrogen functional groups attached to an aromatic ring is 1. The molecule has 0 fully saturated rings. The van der Waals surface area contributed by atoms with E-state index < -0.39 is 0 Å². The highest BCUT2D eigenvalue weighted by Gasteiger charge is 2.28. The number of rotatable bonds is 6. The van der Waals surface area contributed by atoms with E-state index in [2.05, 4.69) is 40.6 Å². The molecule has 0 spiro atoms. The number of nitrogens with zero attached hydrogens (tertiary/aromatic N) is 1. The lowest BCUT2D eigenvalue weighted by molar-refractivity contribution is 0.143. The van der Waals surface area contributed by atoms with Crippen molar-refractivity contribution in [1.29, 1.82) is 0 Å². The minimum Gasteiger partial charge on any atom is -0.449 e. The molecule has 4 aromatic rings. The number of fused-ring (bicyclic) bond motifs is 4. The van der Waals surface area contributed by atoms with Crippen LogP contribution in [0.4, 0.5) is 9.93 Å². The summed E-state index contributed by atoms with van der Waals surface area (Å²) in [4.78, 5) is 16.5. The predicted octanol–water partition coefficient (Wildman–Crippen LogP) is 5.82. The number of hydrogen-bond acceptors (Lipinski definition) is 5. The van der Waals surface area contributed by atoms with Crippen molar-refractivity contribution >= 4 is 38.9 Å². The van der Waals surface area contributed by atoms with Crippen LogP contribution in [0.2, 0.25) is 0 Å². The highest BCUT2D eigenvalue weighted by Crippen LogP contribution is 2.44. The molecule has 32 heavy (non-hydrogen) atoms. The van der Waals surface area contributed by atoms with Crippen molar-refractivity contribution in [1.82, 2.24) is 10.3 Å². The Morgan fingerprint density at radius 1 is 1.06 bits per heavy atom. The van der Waals surface area contributed by atoms with Crippen molar-refractivity contribution in [2.24, 2.45) is 0 Å². The Bertz CT molecular complexity index is 1270. The van der Waals surface area contributed by atoms with Gasteiger partial charge in [0.25, 0.3) is 0 Å². The number of aromatic nitrogens is 1. The fraction of sp³-hybridized carbons (Fsp3) is 0.154. The molecule has 0 saturated heterocycles. The van der Waals surface area contributed by atoms with Crippen molar-refractivity contribution in [3.8, 4) is 11.1 Å². The van der Waals surface area contributed by atoms with Crippen LogP contribution in [0, 0.1) is 0 Å². The van der Waals surface area contributed by atoms with Gasteiger partial charge in [-0.25, -0.2) is 9.78 Å². The molecule has 0 unspecified atom stereocenters. The SMILES string of the molecule is Nc1nc2ccc(C=CCCNC(=O)OCC3c4ccccc4-c4ccccc43)cc2s1. The zero-order valence-corrected chi connectivity index (χ0v) is 18.3. The van der Waals surface area contributed by atoms with Crippen LogP contribution in [-0.2, 0) is 4.74 Å². The molecular formula is C26H23N3O2S. The largest absolute Gasteiger partial charge is 0.449 e. The summed E-state index contributed by atoms with van der Waals surface area (Å²) in [6.45, 7) is 0.844. The summed E-state index contributed by atoms with van der Waals surface area (Å²) in [5.74, 6) is 0.0729. The second-order valence-electron chi connectivity index (χ2n) is 7.72. The fourth-order valence-electron chi connectivity index (χ4n) is 4.19. The number of anilines is 1. The second kappa shape index (κ2) is 8.85. The maximum atomic E-state index is 12.2. The van der Waals surface area contributed by atoms with Crippen LogP contribution in [0.25, 0.3) is 27.4 Å². The van der Waals surface area contributed by atoms with E-state index in [-0.39, 0.29) is 12.0 Å². The van der Waals surface area contributed by atoms with E-state index in [4.69, 9.17) is 10.5 Å². The first-order valence-corrected chi connectivity index (χ1v) is 11.4. The van der Waals surface area contributed by atoms with Gasteiger partial charge in [-0.05, 0) is 46.4 Å². The zero-order chi connectivity index (χ0) is 21.9. The molecule has 0 atom stereocenters. The van der Waals surface area contributed by atoms with Gasteiger partial charge in [0.05, 0.1) is 10.2 Å². The Morgan fingerprint density at radius 2 is 1.78 bits per heavy atom. The average molecular weight is 442 g/mol. The van der Waals surface area contributed by atoms with Crippen molar-refractivity contribution in [3.05, 3.63) is 89.5 Å². The summed E-state index contributed by atoms with van der Waals surface area (Å²) in [7, 11) is 0. The third-order valence-electron chi connectivity index (χ3n) is 5.66. The number of nitrogens with one attached hydrogen (secondary N) is 1. The number of benzene rings is 3. The highest BCUT2D eigenvalue weighted by molar-refractivity contribution is 7.22. The lowest BCUT2D eigenvalue weighted by atomic mass is 9.98. The van der Waals surface area contributed by atoms with Crippen LogP contribution < -0.4 is 11.1 Å². The first kappa shape index (κ1) is 20.3. The average Bonchev–Trinajstić information content (AvgIpc) is 3.34. The molecule has 5 rings (SSSR count). The molecule has 1 aliphatic carbocycles. The first-order chi connectivity index (χ1) is 15.7. The maximum Gasteiger partial charge on any atom is 0.407 e. The molecular weight excluding hydrogens is 418 g/mol. The van der Waals surface area contributed by atoms with Crippen molar-refractivity contribution in [2.45, 2.75) is 12.3 Å². The number of carbonyl (C=O) groups excluding carboxylic acids is 1. The van der Waals surface area contributed by atoms with E-state index in [1.165, 1.54) is 33.6 Å². The van der Waals surface area contributed by atoms with Gasteiger partial charge in [-0.3, -0.25) is 0 Å². The minimum absolute atomic E-state index is 0.0729. The van der Waals surface area contributed by atoms with Gasteiger partial charge in [0.1, 0.15) is 6.61 Å². The van der Waals surface area contributed by atoms with Crippen LogP contribution in [0.3, 0.4) is 0 Å². The van der Waals surface area contributed by atoms with Crippen molar-refractivity contribution in [3.63, 3.8) is 0 Å². The molecule has 1 amide bonds. The van der Waals surface area contributed by atoms with Gasteiger partial charge in [0, 0.05) is 12.5 Å². The highest BCUT2D eigenvalue weighted by atomic mass is 32.1. The van der Waals surface area contributed by atoms with Gasteiger partial charge in [-0.15, -0.1) is 0 Å². The number of carbonyl (C=O) groups is 1. The van der Waals surface area contributed by atoms with E-state index >= 15 is 0 Å². The first-order valence-electron chi connectivity index (χ1n) is 10.6. The van der Waals surface area contributed by atoms with Gasteiger partial charge in [-0.1, -0.05) is 78.1 Å². The molecule has 6 heteroatoms. The summed E-state index contributed by atoms with van der Waals surface area (Å²) in [5, 5.41) is 3.41. The number of nitrogens with two attached hydrogens (primary N) is 1. The monoisotopic (exact) mass is 441 g/mol. The van der Waals surface area contributed by atoms with Crippen molar-refractivity contribution in [2.75, 3.05) is 18.9 Å². The van der Waals surface area contributed by atoms with E-state index in [9.17, 15) is 4.79 Å². The minimum atomic E-state index is -0.387. The third kappa shape index (κ3) is 4.09. The van der Waals surface area contributed by atoms with Gasteiger partial charge in [0.15, 0.2) is 5.13 Å². The number of hydrogen-bond donors (Lipinski definition) is 2. The molecule has 0 bridgehead atoms. The van der Waals surface area contributed by atoms with Gasteiger partial charge in [0.2, 0.25) is 0 Å². The lowest BCUT2D eigenvalue weighted by Crippen LogP contribution is -2.26. The van der Waals surface area contributed by atoms with Crippen molar-refractivity contribution < 1.29 is 9.53 Å². The summed E-state index contributed by atoms with van der Waals surface area (Å²) >= 11 is 1.48. The van der Waals surface area contributed by atoms with E-state index in [0.717, 1.165) is 15.8 Å². The predicted molar refractivity (Wildman–Crippen MR) is 131 cm³/mol. The Kier molecular flexibility index (Phi) is 5.60. The molecule has 1 aliphatic rings. The Labute approximate surface area is 190 Å². The Balaban J connectivity index is 1.12. The molecule has 1 aromatic heterocycles. The molecule has 1 heterocycles. The topological polar surface area (TPSA) is 77.2 Å². The maximum absolute atomic E-state index is 12.2. The molecule has 0 aliphatic heterocycles.